The molecule has 33 heavy (non-hydrogen) atoms. The van der Waals surface area contributed by atoms with Crippen LogP contribution < -0.4 is 10.6 Å². The highest BCUT2D eigenvalue weighted by molar-refractivity contribution is 14.0. The maximum atomic E-state index is 11.8. The summed E-state index contributed by atoms with van der Waals surface area (Å²) in [6.07, 6.45) is 1.57. The first-order valence-electron chi connectivity index (χ1n) is 12.0. The van der Waals surface area contributed by atoms with Crippen LogP contribution in [-0.4, -0.2) is 92.3 Å². The fourth-order valence-electron chi connectivity index (χ4n) is 4.28. The van der Waals surface area contributed by atoms with Crippen molar-refractivity contribution in [3.63, 3.8) is 0 Å². The van der Waals surface area contributed by atoms with Crippen molar-refractivity contribution in [1.29, 1.82) is 0 Å². The quantitative estimate of drug-likeness (QED) is 0.298. The Balaban J connectivity index is 0.00000385. The van der Waals surface area contributed by atoms with Crippen molar-refractivity contribution in [3.8, 4) is 0 Å². The summed E-state index contributed by atoms with van der Waals surface area (Å²) < 4.78 is 5.09. The lowest BCUT2D eigenvalue weighted by Crippen LogP contribution is -2.49. The second-order valence-corrected chi connectivity index (χ2v) is 8.56. The third-order valence-corrected chi connectivity index (χ3v) is 6.39. The van der Waals surface area contributed by atoms with Crippen LogP contribution in [0.15, 0.2) is 29.3 Å². The van der Waals surface area contributed by atoms with E-state index in [0.717, 1.165) is 51.5 Å². The summed E-state index contributed by atoms with van der Waals surface area (Å²) in [5.41, 5.74) is 2.61. The van der Waals surface area contributed by atoms with Gasteiger partial charge in [-0.1, -0.05) is 31.2 Å². The van der Waals surface area contributed by atoms with Crippen molar-refractivity contribution >= 4 is 36.0 Å². The number of benzene rings is 1. The Hall–Kier alpha value is -1.59. The van der Waals surface area contributed by atoms with Gasteiger partial charge in [-0.3, -0.25) is 9.89 Å². The van der Waals surface area contributed by atoms with Crippen molar-refractivity contribution in [2.24, 2.45) is 4.99 Å². The summed E-state index contributed by atoms with van der Waals surface area (Å²) >= 11 is 0. The molecule has 0 spiro atoms. The number of likely N-dealkylation sites (N-methyl/N-ethyl adjacent to an activating group) is 1. The van der Waals surface area contributed by atoms with Gasteiger partial charge in [0, 0.05) is 65.4 Å². The third-order valence-electron chi connectivity index (χ3n) is 6.39. The Morgan fingerprint density at radius 1 is 1.00 bits per heavy atom. The number of carbonyl (C=O) groups excluding carboxylic acids is 1. The highest BCUT2D eigenvalue weighted by atomic mass is 127. The van der Waals surface area contributed by atoms with Crippen LogP contribution in [-0.2, 0) is 17.8 Å². The molecular formula is C24H41IN6O2. The van der Waals surface area contributed by atoms with Crippen molar-refractivity contribution in [2.45, 2.75) is 45.8 Å². The molecule has 0 aliphatic carbocycles. The van der Waals surface area contributed by atoms with E-state index in [4.69, 9.17) is 4.74 Å². The summed E-state index contributed by atoms with van der Waals surface area (Å²) in [6, 6.07) is 9.20. The molecule has 0 bridgehead atoms. The summed E-state index contributed by atoms with van der Waals surface area (Å²) in [5, 5.41) is 6.91. The molecule has 0 radical (unpaired) electrons. The first kappa shape index (κ1) is 27.7. The topological polar surface area (TPSA) is 72.4 Å². The number of aliphatic imine (C=N–C) groups is 1. The lowest BCUT2D eigenvalue weighted by molar-refractivity contribution is 0.0963. The molecule has 2 N–H and O–H groups in total. The van der Waals surface area contributed by atoms with Gasteiger partial charge in [0.15, 0.2) is 5.96 Å². The normalized spacial score (nSPS) is 18.5. The zero-order chi connectivity index (χ0) is 22.8. The summed E-state index contributed by atoms with van der Waals surface area (Å²) in [5.74, 6) is 0.803. The third kappa shape index (κ3) is 8.94. The summed E-state index contributed by atoms with van der Waals surface area (Å²) in [7, 11) is 1.80. The highest BCUT2D eigenvalue weighted by Crippen LogP contribution is 2.12. The smallest absolute Gasteiger partial charge is 0.409 e. The Morgan fingerprint density at radius 3 is 2.18 bits per heavy atom. The highest BCUT2D eigenvalue weighted by Gasteiger charge is 2.24. The van der Waals surface area contributed by atoms with Crippen LogP contribution in [0.5, 0.6) is 0 Å². The zero-order valence-electron chi connectivity index (χ0n) is 20.4. The molecule has 8 nitrogen and oxygen atoms in total. The van der Waals surface area contributed by atoms with Crippen LogP contribution in [0.3, 0.4) is 0 Å². The maximum absolute atomic E-state index is 11.8. The summed E-state index contributed by atoms with van der Waals surface area (Å²) in [4.78, 5) is 23.0. The largest absolute Gasteiger partial charge is 0.450 e. The van der Waals surface area contributed by atoms with Gasteiger partial charge in [-0.25, -0.2) is 4.79 Å². The van der Waals surface area contributed by atoms with Crippen LogP contribution in [0, 0.1) is 0 Å². The number of piperidine rings is 1. The van der Waals surface area contributed by atoms with Crippen LogP contribution >= 0.6 is 24.0 Å². The number of hydrogen-bond donors (Lipinski definition) is 2. The van der Waals surface area contributed by atoms with Crippen LogP contribution in [0.4, 0.5) is 4.79 Å². The Kier molecular flexibility index (Phi) is 12.3. The molecule has 3 rings (SSSR count). The SMILES string of the molecule is CCOC(=O)N1CCC(NC(=NC)NCc2ccc(CN3CCN(CC)CC3)cc2)CC1.I. The predicted molar refractivity (Wildman–Crippen MR) is 144 cm³/mol. The van der Waals surface area contributed by atoms with Gasteiger partial charge in [0.25, 0.3) is 0 Å². The van der Waals surface area contributed by atoms with Gasteiger partial charge in [-0.15, -0.1) is 24.0 Å². The lowest BCUT2D eigenvalue weighted by atomic mass is 10.1. The number of nitrogens with one attached hydrogen (secondary N) is 2. The Bertz CT molecular complexity index is 729. The average Bonchev–Trinajstić information content (AvgIpc) is 2.83. The molecule has 2 saturated heterocycles. The molecule has 9 heteroatoms. The number of rotatable bonds is 7. The van der Waals surface area contributed by atoms with E-state index in [1.165, 1.54) is 24.2 Å². The molecule has 1 amide bonds. The lowest BCUT2D eigenvalue weighted by Gasteiger charge is -2.34. The number of guanidine groups is 1. The van der Waals surface area contributed by atoms with Gasteiger partial charge in [0.2, 0.25) is 0 Å². The Labute approximate surface area is 216 Å². The number of amides is 1. The predicted octanol–water partition coefficient (Wildman–Crippen LogP) is 2.73. The molecule has 2 aliphatic rings. The van der Waals surface area contributed by atoms with Crippen molar-refractivity contribution in [1.82, 2.24) is 25.3 Å². The minimum atomic E-state index is -0.208. The molecule has 0 saturated carbocycles. The summed E-state index contributed by atoms with van der Waals surface area (Å²) in [6.45, 7) is 13.5. The van der Waals surface area contributed by atoms with Gasteiger partial charge < -0.3 is 25.2 Å². The van der Waals surface area contributed by atoms with E-state index in [1.807, 2.05) is 6.92 Å². The number of carbonyl (C=O) groups is 1. The van der Waals surface area contributed by atoms with Crippen molar-refractivity contribution in [2.75, 3.05) is 59.5 Å². The van der Waals surface area contributed by atoms with Crippen LogP contribution in [0.2, 0.25) is 0 Å². The number of nitrogens with zero attached hydrogens (tertiary/aromatic N) is 4. The number of likely N-dealkylation sites (tertiary alicyclic amines) is 1. The van der Waals surface area contributed by atoms with E-state index in [1.54, 1.807) is 11.9 Å². The fraction of sp³-hybridized carbons (Fsp3) is 0.667. The molecule has 1 aromatic carbocycles. The second-order valence-electron chi connectivity index (χ2n) is 8.56. The van der Waals surface area contributed by atoms with Crippen molar-refractivity contribution in [3.05, 3.63) is 35.4 Å². The molecule has 186 valence electrons. The molecule has 1 aromatic rings. The maximum Gasteiger partial charge on any atom is 0.409 e. The molecular weight excluding hydrogens is 531 g/mol. The molecule has 0 aromatic heterocycles. The van der Waals surface area contributed by atoms with Crippen molar-refractivity contribution < 1.29 is 9.53 Å². The van der Waals surface area contributed by atoms with Crippen LogP contribution in [0.25, 0.3) is 0 Å². The minimum absolute atomic E-state index is 0. The van der Waals surface area contributed by atoms with Gasteiger partial charge in [0.1, 0.15) is 0 Å². The molecule has 0 atom stereocenters. The number of ether oxygens (including phenoxy) is 1. The first-order chi connectivity index (χ1) is 15.6. The second kappa shape index (κ2) is 14.6. The molecule has 2 fully saturated rings. The fourth-order valence-corrected chi connectivity index (χ4v) is 4.28. The van der Waals surface area contributed by atoms with E-state index in [9.17, 15) is 4.79 Å². The van der Waals surface area contributed by atoms with E-state index >= 15 is 0 Å². The van der Waals surface area contributed by atoms with E-state index in [0.29, 0.717) is 25.7 Å². The van der Waals surface area contributed by atoms with Gasteiger partial charge in [-0.05, 0) is 37.4 Å². The Morgan fingerprint density at radius 2 is 1.61 bits per heavy atom. The van der Waals surface area contributed by atoms with E-state index < -0.39 is 0 Å². The monoisotopic (exact) mass is 572 g/mol. The average molecular weight is 573 g/mol. The molecule has 0 unspecified atom stereocenters. The van der Waals surface area contributed by atoms with E-state index in [-0.39, 0.29) is 30.1 Å². The first-order valence-corrected chi connectivity index (χ1v) is 12.0. The van der Waals surface area contributed by atoms with Crippen LogP contribution in [0.1, 0.15) is 37.8 Å². The number of halogens is 1. The van der Waals surface area contributed by atoms with Gasteiger partial charge >= 0.3 is 6.09 Å². The number of hydrogen-bond acceptors (Lipinski definition) is 5. The minimum Gasteiger partial charge on any atom is -0.450 e. The zero-order valence-corrected chi connectivity index (χ0v) is 22.7. The number of piperazine rings is 1. The standard InChI is InChI=1S/C24H40N6O2.HI/c1-4-28-14-16-29(17-15-28)19-21-8-6-20(7-9-21)18-26-23(25-3)27-22-10-12-30(13-11-22)24(31)32-5-2;/h6-9,22H,4-5,10-19H2,1-3H3,(H2,25,26,27);1H. The molecule has 2 aliphatic heterocycles. The van der Waals surface area contributed by atoms with Gasteiger partial charge in [-0.2, -0.15) is 0 Å². The van der Waals surface area contributed by atoms with E-state index in [2.05, 4.69) is 56.6 Å². The molecule has 2 heterocycles. The van der Waals surface area contributed by atoms with Gasteiger partial charge in [0.05, 0.1) is 6.61 Å².